The fourth-order valence-electron chi connectivity index (χ4n) is 1.74. The van der Waals surface area contributed by atoms with Gasteiger partial charge >= 0.3 is 5.97 Å². The van der Waals surface area contributed by atoms with Crippen molar-refractivity contribution in [3.8, 4) is 10.6 Å². The Morgan fingerprint density at radius 3 is 2.76 bits per heavy atom. The highest BCUT2D eigenvalue weighted by Crippen LogP contribution is 2.26. The minimum Gasteiger partial charge on any atom is -0.465 e. The van der Waals surface area contributed by atoms with E-state index in [1.807, 2.05) is 23.8 Å². The Hall–Kier alpha value is -1.73. The third kappa shape index (κ3) is 3.89. The van der Waals surface area contributed by atoms with Gasteiger partial charge in [0.2, 0.25) is 0 Å². The molecule has 0 radical (unpaired) electrons. The van der Waals surface area contributed by atoms with E-state index in [2.05, 4.69) is 4.98 Å². The van der Waals surface area contributed by atoms with Crippen molar-refractivity contribution < 1.29 is 14.3 Å². The lowest BCUT2D eigenvalue weighted by Gasteiger charge is -2.18. The molecule has 0 aromatic carbocycles. The smallest absolute Gasteiger partial charge is 0.325 e. The third-order valence-electron chi connectivity index (χ3n) is 2.79. The van der Waals surface area contributed by atoms with E-state index in [9.17, 15) is 9.59 Å². The highest BCUT2D eigenvalue weighted by Gasteiger charge is 2.20. The number of nitrogens with zero attached hydrogens (tertiary/aromatic N) is 2. The fourth-order valence-corrected chi connectivity index (χ4v) is 3.25. The van der Waals surface area contributed by atoms with Crippen LogP contribution in [0.1, 0.15) is 24.3 Å². The summed E-state index contributed by atoms with van der Waals surface area (Å²) in [7, 11) is 0. The largest absolute Gasteiger partial charge is 0.465 e. The minimum atomic E-state index is -0.402. The van der Waals surface area contributed by atoms with Crippen LogP contribution in [0.3, 0.4) is 0 Å². The number of amides is 1. The van der Waals surface area contributed by atoms with Crippen LogP contribution in [0.2, 0.25) is 0 Å². The summed E-state index contributed by atoms with van der Waals surface area (Å²) in [6.45, 7) is 4.26. The van der Waals surface area contributed by atoms with Crippen LogP contribution in [-0.2, 0) is 9.53 Å². The lowest BCUT2D eigenvalue weighted by Crippen LogP contribution is -2.36. The van der Waals surface area contributed by atoms with Gasteiger partial charge in [0.15, 0.2) is 0 Å². The first kappa shape index (κ1) is 15.7. The molecule has 1 amide bonds. The summed E-state index contributed by atoms with van der Waals surface area (Å²) in [5, 5.41) is 6.50. The van der Waals surface area contributed by atoms with E-state index in [1.165, 1.54) is 16.2 Å². The van der Waals surface area contributed by atoms with E-state index in [0.717, 1.165) is 10.6 Å². The monoisotopic (exact) mass is 324 g/mol. The van der Waals surface area contributed by atoms with Crippen molar-refractivity contribution in [2.24, 2.45) is 0 Å². The SMILES string of the molecule is CCOC(=O)CN(CC)C(=O)c1csc(-c2ccsc2)n1. The maximum atomic E-state index is 12.4. The maximum Gasteiger partial charge on any atom is 0.325 e. The van der Waals surface area contributed by atoms with Crippen LogP contribution >= 0.6 is 22.7 Å². The molecule has 112 valence electrons. The van der Waals surface area contributed by atoms with Gasteiger partial charge in [0.05, 0.1) is 6.61 Å². The van der Waals surface area contributed by atoms with Gasteiger partial charge in [-0.3, -0.25) is 9.59 Å². The zero-order valence-electron chi connectivity index (χ0n) is 11.9. The number of carbonyl (C=O) groups is 2. The lowest BCUT2D eigenvalue weighted by atomic mass is 10.3. The van der Waals surface area contributed by atoms with Crippen LogP contribution in [-0.4, -0.2) is 41.5 Å². The lowest BCUT2D eigenvalue weighted by molar-refractivity contribution is -0.143. The molecule has 0 aliphatic carbocycles. The van der Waals surface area contributed by atoms with Gasteiger partial charge in [0, 0.05) is 22.9 Å². The Morgan fingerprint density at radius 1 is 1.33 bits per heavy atom. The molecular weight excluding hydrogens is 308 g/mol. The molecule has 0 saturated heterocycles. The topological polar surface area (TPSA) is 59.5 Å². The van der Waals surface area contributed by atoms with Crippen LogP contribution < -0.4 is 0 Å². The summed E-state index contributed by atoms with van der Waals surface area (Å²) in [6, 6.07) is 1.97. The first-order chi connectivity index (χ1) is 10.2. The van der Waals surface area contributed by atoms with Crippen molar-refractivity contribution in [2.45, 2.75) is 13.8 Å². The molecule has 2 aromatic rings. The number of likely N-dealkylation sites (N-methyl/N-ethyl adjacent to an activating group) is 1. The van der Waals surface area contributed by atoms with Gasteiger partial charge < -0.3 is 9.64 Å². The van der Waals surface area contributed by atoms with E-state index >= 15 is 0 Å². The van der Waals surface area contributed by atoms with Crippen molar-refractivity contribution in [1.29, 1.82) is 0 Å². The molecule has 2 rings (SSSR count). The van der Waals surface area contributed by atoms with Gasteiger partial charge in [-0.05, 0) is 25.3 Å². The number of ether oxygens (including phenoxy) is 1. The fraction of sp³-hybridized carbons (Fsp3) is 0.357. The predicted octanol–water partition coefficient (Wildman–Crippen LogP) is 2.90. The van der Waals surface area contributed by atoms with E-state index in [-0.39, 0.29) is 12.5 Å². The molecular formula is C14H16N2O3S2. The number of esters is 1. The van der Waals surface area contributed by atoms with E-state index in [1.54, 1.807) is 23.6 Å². The molecule has 0 bridgehead atoms. The second-order valence-electron chi connectivity index (χ2n) is 4.17. The van der Waals surface area contributed by atoms with Gasteiger partial charge in [0.1, 0.15) is 17.2 Å². The highest BCUT2D eigenvalue weighted by atomic mass is 32.1. The van der Waals surface area contributed by atoms with Gasteiger partial charge in [-0.25, -0.2) is 4.98 Å². The minimum absolute atomic E-state index is 0.0471. The van der Waals surface area contributed by atoms with Crippen LogP contribution in [0.15, 0.2) is 22.2 Å². The average Bonchev–Trinajstić information content (AvgIpc) is 3.14. The predicted molar refractivity (Wildman–Crippen MR) is 83.6 cm³/mol. The number of hydrogen-bond acceptors (Lipinski definition) is 6. The molecule has 0 aliphatic rings. The Bertz CT molecular complexity index is 608. The molecule has 0 saturated carbocycles. The van der Waals surface area contributed by atoms with Gasteiger partial charge in [0.25, 0.3) is 5.91 Å². The first-order valence-electron chi connectivity index (χ1n) is 6.58. The molecule has 0 atom stereocenters. The van der Waals surface area contributed by atoms with Crippen molar-refractivity contribution >= 4 is 34.6 Å². The number of thiazole rings is 1. The van der Waals surface area contributed by atoms with Gasteiger partial charge in [-0.2, -0.15) is 11.3 Å². The standard InChI is InChI=1S/C14H16N2O3S2/c1-3-16(7-12(17)19-4-2)14(18)11-9-21-13(15-11)10-5-6-20-8-10/h5-6,8-9H,3-4,7H2,1-2H3. The molecule has 0 spiro atoms. The highest BCUT2D eigenvalue weighted by molar-refractivity contribution is 7.14. The van der Waals surface area contributed by atoms with Crippen LogP contribution in [0.4, 0.5) is 0 Å². The van der Waals surface area contributed by atoms with Crippen molar-refractivity contribution in [2.75, 3.05) is 19.7 Å². The Morgan fingerprint density at radius 2 is 2.14 bits per heavy atom. The third-order valence-corrected chi connectivity index (χ3v) is 4.36. The van der Waals surface area contributed by atoms with Gasteiger partial charge in [-0.15, -0.1) is 11.3 Å². The van der Waals surface area contributed by atoms with Crippen molar-refractivity contribution in [1.82, 2.24) is 9.88 Å². The molecule has 0 unspecified atom stereocenters. The Kier molecular flexibility index (Phi) is 5.46. The summed E-state index contributed by atoms with van der Waals surface area (Å²) in [5.74, 6) is -0.649. The van der Waals surface area contributed by atoms with E-state index < -0.39 is 5.97 Å². The molecule has 7 heteroatoms. The quantitative estimate of drug-likeness (QED) is 0.767. The van der Waals surface area contributed by atoms with E-state index in [0.29, 0.717) is 18.8 Å². The van der Waals surface area contributed by atoms with Crippen LogP contribution in [0.5, 0.6) is 0 Å². The number of hydrogen-bond donors (Lipinski definition) is 0. The van der Waals surface area contributed by atoms with Gasteiger partial charge in [-0.1, -0.05) is 0 Å². The molecule has 5 nitrogen and oxygen atoms in total. The molecule has 0 N–H and O–H groups in total. The number of rotatable bonds is 6. The second-order valence-corrected chi connectivity index (χ2v) is 5.81. The summed E-state index contributed by atoms with van der Waals surface area (Å²) in [6.07, 6.45) is 0. The number of aromatic nitrogens is 1. The number of carbonyl (C=O) groups excluding carboxylic acids is 2. The first-order valence-corrected chi connectivity index (χ1v) is 8.41. The zero-order chi connectivity index (χ0) is 15.2. The number of thiophene rings is 1. The van der Waals surface area contributed by atoms with Crippen molar-refractivity contribution in [3.63, 3.8) is 0 Å². The summed E-state index contributed by atoms with van der Waals surface area (Å²) < 4.78 is 4.88. The normalized spacial score (nSPS) is 10.4. The van der Waals surface area contributed by atoms with Crippen LogP contribution in [0.25, 0.3) is 10.6 Å². The molecule has 0 aliphatic heterocycles. The molecule has 2 aromatic heterocycles. The second kappa shape index (κ2) is 7.33. The zero-order valence-corrected chi connectivity index (χ0v) is 13.5. The average molecular weight is 324 g/mol. The Labute approximate surface area is 131 Å². The summed E-state index contributed by atoms with van der Waals surface area (Å²) in [5.41, 5.74) is 1.38. The molecule has 21 heavy (non-hydrogen) atoms. The summed E-state index contributed by atoms with van der Waals surface area (Å²) in [4.78, 5) is 29.7. The maximum absolute atomic E-state index is 12.4. The molecule has 0 fully saturated rings. The van der Waals surface area contributed by atoms with E-state index in [4.69, 9.17) is 4.74 Å². The summed E-state index contributed by atoms with van der Waals surface area (Å²) >= 11 is 3.01. The van der Waals surface area contributed by atoms with Crippen LogP contribution in [0, 0.1) is 0 Å². The van der Waals surface area contributed by atoms with Crippen molar-refractivity contribution in [3.05, 3.63) is 27.9 Å². The Balaban J connectivity index is 2.09. The molecule has 2 heterocycles.